The Kier molecular flexibility index (Phi) is 10.5. The molecule has 0 heterocycles. The van der Waals surface area contributed by atoms with Crippen LogP contribution in [-0.2, 0) is 32.6 Å². The highest BCUT2D eigenvalue weighted by Gasteiger charge is 2.34. The second kappa shape index (κ2) is 13.3. The van der Waals surface area contributed by atoms with Crippen molar-refractivity contribution in [3.8, 4) is 0 Å². The van der Waals surface area contributed by atoms with Crippen molar-refractivity contribution in [3.63, 3.8) is 0 Å². The molecule has 1 N–H and O–H groups in total. The Morgan fingerprint density at radius 2 is 1.50 bits per heavy atom. The van der Waals surface area contributed by atoms with E-state index in [1.165, 1.54) is 23.1 Å². The smallest absolute Gasteiger partial charge is 0.244 e. The first-order valence-corrected chi connectivity index (χ1v) is 15.4. The summed E-state index contributed by atoms with van der Waals surface area (Å²) in [5.74, 6) is -0.969. The number of hydrogen-bond donors (Lipinski definition) is 1. The monoisotopic (exact) mass is 623 g/mol. The van der Waals surface area contributed by atoms with Crippen LogP contribution in [0.4, 0.5) is 5.69 Å². The number of amides is 2. The third-order valence-electron chi connectivity index (χ3n) is 5.87. The molecule has 3 aromatic carbocycles. The van der Waals surface area contributed by atoms with Crippen LogP contribution in [0.25, 0.3) is 0 Å². The molecule has 0 bridgehead atoms. The molecule has 40 heavy (non-hydrogen) atoms. The minimum absolute atomic E-state index is 0.0143. The number of rotatable bonds is 10. The van der Waals surface area contributed by atoms with E-state index in [1.54, 1.807) is 24.3 Å². The van der Waals surface area contributed by atoms with Crippen LogP contribution >= 0.6 is 34.8 Å². The molecule has 1 atom stereocenters. The highest BCUT2D eigenvalue weighted by Crippen LogP contribution is 2.31. The lowest BCUT2D eigenvalue weighted by Crippen LogP contribution is -2.56. The van der Waals surface area contributed by atoms with Crippen molar-refractivity contribution in [3.05, 3.63) is 99.0 Å². The summed E-state index contributed by atoms with van der Waals surface area (Å²) in [6.45, 7) is 4.97. The van der Waals surface area contributed by atoms with Crippen molar-refractivity contribution in [1.29, 1.82) is 0 Å². The molecule has 0 fully saturated rings. The van der Waals surface area contributed by atoms with Crippen LogP contribution in [-0.4, -0.2) is 49.5 Å². The summed E-state index contributed by atoms with van der Waals surface area (Å²) in [5.41, 5.74) is 1.04. The molecule has 0 aliphatic heterocycles. The van der Waals surface area contributed by atoms with Crippen molar-refractivity contribution in [2.45, 2.75) is 45.3 Å². The summed E-state index contributed by atoms with van der Waals surface area (Å²) in [4.78, 5) is 29.2. The van der Waals surface area contributed by atoms with Gasteiger partial charge in [-0.3, -0.25) is 13.9 Å². The number of benzene rings is 3. The molecule has 0 unspecified atom stereocenters. The first-order valence-electron chi connectivity index (χ1n) is 12.5. The van der Waals surface area contributed by atoms with Gasteiger partial charge in [0.05, 0.1) is 17.0 Å². The molecular weight excluding hydrogens is 593 g/mol. The molecule has 11 heteroatoms. The summed E-state index contributed by atoms with van der Waals surface area (Å²) in [7, 11) is -3.96. The van der Waals surface area contributed by atoms with Crippen LogP contribution < -0.4 is 9.62 Å². The highest BCUT2D eigenvalue weighted by molar-refractivity contribution is 7.92. The number of anilines is 1. The lowest BCUT2D eigenvalue weighted by atomic mass is 10.0. The van der Waals surface area contributed by atoms with Crippen LogP contribution in [0, 0.1) is 0 Å². The SMILES string of the molecule is CC(C)(C)NC(=O)[C@@H](Cc1ccccc1)N(Cc1cccc(Cl)c1)C(=O)CN(c1ccc(Cl)cc1Cl)S(C)(=O)=O. The molecule has 3 rings (SSSR count). The molecule has 0 aromatic heterocycles. The van der Waals surface area contributed by atoms with Crippen molar-refractivity contribution < 1.29 is 18.0 Å². The molecule has 7 nitrogen and oxygen atoms in total. The molecule has 3 aromatic rings. The van der Waals surface area contributed by atoms with Crippen LogP contribution in [0.3, 0.4) is 0 Å². The Hall–Kier alpha value is -2.78. The van der Waals surface area contributed by atoms with Gasteiger partial charge in [0.25, 0.3) is 0 Å². The quantitative estimate of drug-likeness (QED) is 0.301. The number of hydrogen-bond acceptors (Lipinski definition) is 4. The maximum Gasteiger partial charge on any atom is 0.244 e. The number of sulfonamides is 1. The summed E-state index contributed by atoms with van der Waals surface area (Å²) in [5, 5.41) is 3.83. The third kappa shape index (κ3) is 9.13. The number of nitrogens with one attached hydrogen (secondary N) is 1. The second-order valence-electron chi connectivity index (χ2n) is 10.5. The normalized spacial score (nSPS) is 12.5. The van der Waals surface area contributed by atoms with Crippen LogP contribution in [0.5, 0.6) is 0 Å². The zero-order chi connectivity index (χ0) is 29.7. The lowest BCUT2D eigenvalue weighted by molar-refractivity contribution is -0.140. The van der Waals surface area contributed by atoms with Gasteiger partial charge < -0.3 is 10.2 Å². The Balaban J connectivity index is 2.09. The largest absolute Gasteiger partial charge is 0.350 e. The molecule has 0 saturated heterocycles. The van der Waals surface area contributed by atoms with Crippen molar-refractivity contribution in [2.24, 2.45) is 0 Å². The van der Waals surface area contributed by atoms with E-state index in [2.05, 4.69) is 5.32 Å². The maximum atomic E-state index is 14.1. The zero-order valence-electron chi connectivity index (χ0n) is 22.7. The molecule has 0 aliphatic rings. The summed E-state index contributed by atoms with van der Waals surface area (Å²) in [6, 6.07) is 19.6. The molecule has 0 aliphatic carbocycles. The predicted molar refractivity (Wildman–Crippen MR) is 162 cm³/mol. The molecule has 0 saturated carbocycles. The van der Waals surface area contributed by atoms with E-state index < -0.39 is 34.1 Å². The van der Waals surface area contributed by atoms with Gasteiger partial charge in [0.15, 0.2) is 0 Å². The number of halogens is 3. The zero-order valence-corrected chi connectivity index (χ0v) is 25.8. The van der Waals surface area contributed by atoms with E-state index in [4.69, 9.17) is 34.8 Å². The summed E-state index contributed by atoms with van der Waals surface area (Å²) < 4.78 is 26.7. The molecule has 0 spiro atoms. The van der Waals surface area contributed by atoms with Gasteiger partial charge in [0, 0.05) is 28.5 Å². The highest BCUT2D eigenvalue weighted by atomic mass is 35.5. The van der Waals surface area contributed by atoms with Crippen molar-refractivity contribution in [1.82, 2.24) is 10.2 Å². The maximum absolute atomic E-state index is 14.1. The lowest BCUT2D eigenvalue weighted by Gasteiger charge is -2.35. The Morgan fingerprint density at radius 3 is 2.08 bits per heavy atom. The van der Waals surface area contributed by atoms with Gasteiger partial charge in [-0.1, -0.05) is 77.3 Å². The standard InChI is InChI=1S/C29H32Cl3N3O4S/c1-29(2,3)33-28(37)26(16-20-9-6-5-7-10-20)34(18-21-11-8-12-22(30)15-21)27(36)19-35(40(4,38)39)25-14-13-23(31)17-24(25)32/h5-15,17,26H,16,18-19H2,1-4H3,(H,33,37)/t26-/m1/s1. The topological polar surface area (TPSA) is 86.8 Å². The number of carbonyl (C=O) groups excluding carboxylic acids is 2. The van der Waals surface area contributed by atoms with Gasteiger partial charge in [-0.2, -0.15) is 0 Å². The van der Waals surface area contributed by atoms with E-state index >= 15 is 0 Å². The number of carbonyl (C=O) groups is 2. The van der Waals surface area contributed by atoms with Gasteiger partial charge in [-0.25, -0.2) is 8.42 Å². The van der Waals surface area contributed by atoms with E-state index in [9.17, 15) is 18.0 Å². The third-order valence-corrected chi connectivity index (χ3v) is 7.77. The van der Waals surface area contributed by atoms with Crippen LogP contribution in [0.2, 0.25) is 15.1 Å². The predicted octanol–water partition coefficient (Wildman–Crippen LogP) is 5.97. The van der Waals surface area contributed by atoms with Gasteiger partial charge >= 0.3 is 0 Å². The Bertz CT molecular complexity index is 1460. The summed E-state index contributed by atoms with van der Waals surface area (Å²) >= 11 is 18.6. The van der Waals surface area contributed by atoms with Gasteiger partial charge in [-0.15, -0.1) is 0 Å². The Labute approximate surface area is 251 Å². The Morgan fingerprint density at radius 1 is 0.875 bits per heavy atom. The molecular formula is C29H32Cl3N3O4S. The van der Waals surface area contributed by atoms with Crippen LogP contribution in [0.15, 0.2) is 72.8 Å². The van der Waals surface area contributed by atoms with Crippen LogP contribution in [0.1, 0.15) is 31.9 Å². The van der Waals surface area contributed by atoms with Gasteiger partial charge in [-0.05, 0) is 62.2 Å². The van der Waals surface area contributed by atoms with E-state index in [0.29, 0.717) is 15.6 Å². The molecule has 0 radical (unpaired) electrons. The molecule has 2 amide bonds. The van der Waals surface area contributed by atoms with E-state index in [0.717, 1.165) is 16.1 Å². The second-order valence-corrected chi connectivity index (χ2v) is 13.6. The first-order chi connectivity index (χ1) is 18.6. The van der Waals surface area contributed by atoms with Gasteiger partial charge in [0.2, 0.25) is 21.8 Å². The fourth-order valence-corrected chi connectivity index (χ4v) is 5.75. The van der Waals surface area contributed by atoms with E-state index in [1.807, 2.05) is 51.1 Å². The minimum Gasteiger partial charge on any atom is -0.350 e. The van der Waals surface area contributed by atoms with Gasteiger partial charge in [0.1, 0.15) is 12.6 Å². The summed E-state index contributed by atoms with van der Waals surface area (Å²) in [6.07, 6.45) is 1.19. The average Bonchev–Trinajstić information content (AvgIpc) is 2.84. The minimum atomic E-state index is -3.96. The fourth-order valence-electron chi connectivity index (χ4n) is 4.12. The molecule has 214 valence electrons. The van der Waals surface area contributed by atoms with Crippen molar-refractivity contribution >= 4 is 62.3 Å². The fraction of sp³-hybridized carbons (Fsp3) is 0.310. The van der Waals surface area contributed by atoms with Crippen molar-refractivity contribution in [2.75, 3.05) is 17.1 Å². The number of nitrogens with zero attached hydrogens (tertiary/aromatic N) is 2. The average molecular weight is 625 g/mol. The first kappa shape index (κ1) is 31.7. The van der Waals surface area contributed by atoms with E-state index in [-0.39, 0.29) is 29.6 Å².